The van der Waals surface area contributed by atoms with E-state index in [2.05, 4.69) is 5.32 Å². The van der Waals surface area contributed by atoms with Gasteiger partial charge in [-0.2, -0.15) is 0 Å². The first-order valence-corrected chi connectivity index (χ1v) is 7.58. The lowest BCUT2D eigenvalue weighted by molar-refractivity contribution is 0.598. The summed E-state index contributed by atoms with van der Waals surface area (Å²) in [5.74, 6) is 0. The number of hydrogen-bond donors (Lipinski definition) is 3. The molecule has 0 atom stereocenters. The Morgan fingerprint density at radius 1 is 1.05 bits per heavy atom. The third-order valence-electron chi connectivity index (χ3n) is 2.99. The van der Waals surface area contributed by atoms with Crippen LogP contribution in [0.4, 0.5) is 17.1 Å². The minimum atomic E-state index is -3.79. The van der Waals surface area contributed by atoms with E-state index in [1.807, 2.05) is 32.0 Å². The number of aryl methyl sites for hydroxylation is 2. The summed E-state index contributed by atoms with van der Waals surface area (Å²) >= 11 is 0. The molecule has 0 radical (unpaired) electrons. The van der Waals surface area contributed by atoms with Crippen molar-refractivity contribution >= 4 is 27.1 Å². The summed E-state index contributed by atoms with van der Waals surface area (Å²) in [5.41, 5.74) is 9.74. The van der Waals surface area contributed by atoms with Gasteiger partial charge < -0.3 is 11.1 Å². The van der Waals surface area contributed by atoms with E-state index in [1.54, 1.807) is 12.1 Å². The standard InChI is InChI=1S/C14H17N3O2S/c1-9-3-4-10(2)13(7-9)17-11-5-6-14(12(15)8-11)20(16,18)19/h3-8,17H,15H2,1-2H3,(H2,16,18,19). The van der Waals surface area contributed by atoms with E-state index in [1.165, 1.54) is 6.07 Å². The highest BCUT2D eigenvalue weighted by Crippen LogP contribution is 2.26. The largest absolute Gasteiger partial charge is 0.398 e. The van der Waals surface area contributed by atoms with Gasteiger partial charge in [0.1, 0.15) is 4.90 Å². The Morgan fingerprint density at radius 3 is 2.35 bits per heavy atom. The number of hydrogen-bond acceptors (Lipinski definition) is 4. The maximum Gasteiger partial charge on any atom is 0.240 e. The minimum Gasteiger partial charge on any atom is -0.398 e. The number of benzene rings is 2. The first-order chi connectivity index (χ1) is 9.27. The predicted molar refractivity (Wildman–Crippen MR) is 81.4 cm³/mol. The Bertz CT molecular complexity index is 755. The van der Waals surface area contributed by atoms with Gasteiger partial charge in [0.05, 0.1) is 5.69 Å². The molecule has 5 nitrogen and oxygen atoms in total. The number of nitrogen functional groups attached to an aromatic ring is 1. The summed E-state index contributed by atoms with van der Waals surface area (Å²) in [4.78, 5) is -0.0657. The Hall–Kier alpha value is -2.05. The third kappa shape index (κ3) is 3.09. The molecule has 0 spiro atoms. The molecule has 2 aromatic rings. The van der Waals surface area contributed by atoms with Crippen molar-refractivity contribution in [3.8, 4) is 0 Å². The number of sulfonamides is 1. The molecule has 0 aliphatic heterocycles. The normalized spacial score (nSPS) is 11.3. The van der Waals surface area contributed by atoms with Crippen LogP contribution in [0.15, 0.2) is 41.3 Å². The molecule has 20 heavy (non-hydrogen) atoms. The molecule has 0 saturated carbocycles. The van der Waals surface area contributed by atoms with Gasteiger partial charge in [-0.3, -0.25) is 0 Å². The smallest absolute Gasteiger partial charge is 0.240 e. The average molecular weight is 291 g/mol. The lowest BCUT2D eigenvalue weighted by atomic mass is 10.1. The van der Waals surface area contributed by atoms with E-state index in [-0.39, 0.29) is 10.6 Å². The summed E-state index contributed by atoms with van der Waals surface area (Å²) in [5, 5.41) is 8.29. The number of anilines is 3. The predicted octanol–water partition coefficient (Wildman–Crippen LogP) is 2.28. The van der Waals surface area contributed by atoms with Crippen molar-refractivity contribution in [1.82, 2.24) is 0 Å². The van der Waals surface area contributed by atoms with Gasteiger partial charge in [0.25, 0.3) is 0 Å². The van der Waals surface area contributed by atoms with Crippen molar-refractivity contribution in [3.05, 3.63) is 47.5 Å². The number of primary sulfonamides is 1. The Morgan fingerprint density at radius 2 is 1.75 bits per heavy atom. The van der Waals surface area contributed by atoms with Crippen LogP contribution in [0.1, 0.15) is 11.1 Å². The maximum absolute atomic E-state index is 11.3. The zero-order valence-electron chi connectivity index (χ0n) is 11.3. The Kier molecular flexibility index (Phi) is 3.69. The summed E-state index contributed by atoms with van der Waals surface area (Å²) in [6.45, 7) is 3.99. The van der Waals surface area contributed by atoms with Gasteiger partial charge >= 0.3 is 0 Å². The van der Waals surface area contributed by atoms with Crippen LogP contribution in [0.5, 0.6) is 0 Å². The molecule has 0 heterocycles. The second kappa shape index (κ2) is 5.15. The van der Waals surface area contributed by atoms with Crippen molar-refractivity contribution in [2.75, 3.05) is 11.1 Å². The molecule has 5 N–H and O–H groups in total. The van der Waals surface area contributed by atoms with Gasteiger partial charge in [0.2, 0.25) is 10.0 Å². The van der Waals surface area contributed by atoms with Crippen molar-refractivity contribution in [1.29, 1.82) is 0 Å². The molecule has 0 fully saturated rings. The molecule has 0 bridgehead atoms. The number of nitrogens with one attached hydrogen (secondary N) is 1. The van der Waals surface area contributed by atoms with E-state index in [4.69, 9.17) is 10.9 Å². The SMILES string of the molecule is Cc1ccc(C)c(Nc2ccc(S(N)(=O)=O)c(N)c2)c1. The zero-order valence-corrected chi connectivity index (χ0v) is 12.2. The van der Waals surface area contributed by atoms with Gasteiger partial charge in [0, 0.05) is 11.4 Å². The quantitative estimate of drug-likeness (QED) is 0.755. The van der Waals surface area contributed by atoms with Gasteiger partial charge in [0.15, 0.2) is 0 Å². The van der Waals surface area contributed by atoms with E-state index < -0.39 is 10.0 Å². The third-order valence-corrected chi connectivity index (χ3v) is 3.97. The van der Waals surface area contributed by atoms with Crippen LogP contribution < -0.4 is 16.2 Å². The molecule has 106 valence electrons. The van der Waals surface area contributed by atoms with E-state index in [0.29, 0.717) is 5.69 Å². The highest BCUT2D eigenvalue weighted by molar-refractivity contribution is 7.89. The molecule has 2 rings (SSSR count). The second-order valence-corrected chi connectivity index (χ2v) is 6.27. The van der Waals surface area contributed by atoms with Gasteiger partial charge in [-0.05, 0) is 49.2 Å². The molecule has 0 aliphatic rings. The van der Waals surface area contributed by atoms with Crippen LogP contribution in [0.3, 0.4) is 0 Å². The highest BCUT2D eigenvalue weighted by atomic mass is 32.2. The second-order valence-electron chi connectivity index (χ2n) is 4.74. The molecule has 0 amide bonds. The minimum absolute atomic E-state index is 0.0657. The zero-order chi connectivity index (χ0) is 14.9. The van der Waals surface area contributed by atoms with Crippen molar-refractivity contribution in [2.45, 2.75) is 18.7 Å². The van der Waals surface area contributed by atoms with Crippen LogP contribution in [0.2, 0.25) is 0 Å². The van der Waals surface area contributed by atoms with Gasteiger partial charge in [-0.1, -0.05) is 12.1 Å². The Balaban J connectivity index is 2.36. The summed E-state index contributed by atoms with van der Waals surface area (Å²) in [7, 11) is -3.79. The van der Waals surface area contributed by atoms with E-state index >= 15 is 0 Å². The summed E-state index contributed by atoms with van der Waals surface area (Å²) in [6, 6.07) is 10.6. The highest BCUT2D eigenvalue weighted by Gasteiger charge is 2.12. The number of rotatable bonds is 3. The molecule has 6 heteroatoms. The molecular weight excluding hydrogens is 274 g/mol. The van der Waals surface area contributed by atoms with Gasteiger partial charge in [-0.25, -0.2) is 13.6 Å². The summed E-state index contributed by atoms with van der Waals surface area (Å²) < 4.78 is 22.6. The molecule has 0 saturated heterocycles. The van der Waals surface area contributed by atoms with Crippen LogP contribution in [-0.4, -0.2) is 8.42 Å². The Labute approximate surface area is 118 Å². The summed E-state index contributed by atoms with van der Waals surface area (Å²) in [6.07, 6.45) is 0. The van der Waals surface area contributed by atoms with Crippen LogP contribution in [-0.2, 0) is 10.0 Å². The van der Waals surface area contributed by atoms with Crippen LogP contribution in [0.25, 0.3) is 0 Å². The van der Waals surface area contributed by atoms with Crippen molar-refractivity contribution < 1.29 is 8.42 Å². The van der Waals surface area contributed by atoms with Crippen molar-refractivity contribution in [3.63, 3.8) is 0 Å². The first kappa shape index (κ1) is 14.4. The fourth-order valence-electron chi connectivity index (χ4n) is 1.91. The molecule has 0 aliphatic carbocycles. The molecule has 0 aromatic heterocycles. The fraction of sp³-hybridized carbons (Fsp3) is 0.143. The number of nitrogens with two attached hydrogens (primary N) is 2. The van der Waals surface area contributed by atoms with Crippen LogP contribution >= 0.6 is 0 Å². The lowest BCUT2D eigenvalue weighted by Crippen LogP contribution is -2.14. The first-order valence-electron chi connectivity index (χ1n) is 6.04. The monoisotopic (exact) mass is 291 g/mol. The van der Waals surface area contributed by atoms with E-state index in [9.17, 15) is 8.42 Å². The topological polar surface area (TPSA) is 98.2 Å². The van der Waals surface area contributed by atoms with Gasteiger partial charge in [-0.15, -0.1) is 0 Å². The fourth-order valence-corrected chi connectivity index (χ4v) is 2.56. The van der Waals surface area contributed by atoms with E-state index in [0.717, 1.165) is 16.8 Å². The van der Waals surface area contributed by atoms with Crippen LogP contribution in [0, 0.1) is 13.8 Å². The lowest BCUT2D eigenvalue weighted by Gasteiger charge is -2.12. The molecule has 2 aromatic carbocycles. The maximum atomic E-state index is 11.3. The van der Waals surface area contributed by atoms with Crippen molar-refractivity contribution in [2.24, 2.45) is 5.14 Å². The molecule has 0 unspecified atom stereocenters. The molecular formula is C14H17N3O2S. The average Bonchev–Trinajstić information content (AvgIpc) is 2.32.